The van der Waals surface area contributed by atoms with Gasteiger partial charge in [-0.1, -0.05) is 12.2 Å². The van der Waals surface area contributed by atoms with Crippen LogP contribution in [0.1, 0.15) is 12.0 Å². The Morgan fingerprint density at radius 1 is 1.50 bits per heavy atom. The molecule has 0 amide bonds. The topological polar surface area (TPSA) is 29.5 Å². The second kappa shape index (κ2) is 5.60. The van der Waals surface area contributed by atoms with Crippen LogP contribution in [0.25, 0.3) is 6.08 Å². The number of thiol groups is 1. The van der Waals surface area contributed by atoms with Crippen LogP contribution in [0.15, 0.2) is 24.3 Å². The smallest absolute Gasteiger partial charge is 0.123 e. The van der Waals surface area contributed by atoms with Crippen LogP contribution in [-0.4, -0.2) is 18.0 Å². The third kappa shape index (κ3) is 3.00. The van der Waals surface area contributed by atoms with Crippen LogP contribution in [0.3, 0.4) is 0 Å². The van der Waals surface area contributed by atoms with Gasteiger partial charge in [0.2, 0.25) is 0 Å². The molecule has 0 heterocycles. The van der Waals surface area contributed by atoms with Gasteiger partial charge in [-0.15, -0.1) is 0 Å². The first-order valence-corrected chi connectivity index (χ1v) is 5.05. The molecule has 3 heteroatoms. The van der Waals surface area contributed by atoms with Gasteiger partial charge in [0.15, 0.2) is 0 Å². The summed E-state index contributed by atoms with van der Waals surface area (Å²) in [5.41, 5.74) is 0.770. The van der Waals surface area contributed by atoms with E-state index < -0.39 is 0 Å². The predicted octanol–water partition coefficient (Wildman–Crippen LogP) is 2.73. The van der Waals surface area contributed by atoms with E-state index in [1.54, 1.807) is 25.3 Å². The lowest BCUT2D eigenvalue weighted by molar-refractivity contribution is 0.412. The molecule has 0 fully saturated rings. The number of methoxy groups -OCH3 is 1. The lowest BCUT2D eigenvalue weighted by atomic mass is 10.1. The van der Waals surface area contributed by atoms with Crippen molar-refractivity contribution in [3.63, 3.8) is 0 Å². The Hall–Kier alpha value is -1.09. The highest BCUT2D eigenvalue weighted by atomic mass is 32.1. The Balaban J connectivity index is 2.83. The number of allylic oxidation sites excluding steroid dienone is 1. The number of aromatic hydroxyl groups is 1. The highest BCUT2D eigenvalue weighted by molar-refractivity contribution is 7.80. The van der Waals surface area contributed by atoms with Gasteiger partial charge in [0, 0.05) is 5.56 Å². The van der Waals surface area contributed by atoms with E-state index in [1.165, 1.54) is 0 Å². The first-order chi connectivity index (χ1) is 6.77. The van der Waals surface area contributed by atoms with Gasteiger partial charge in [0.1, 0.15) is 11.5 Å². The summed E-state index contributed by atoms with van der Waals surface area (Å²) in [5.74, 6) is 1.82. The summed E-state index contributed by atoms with van der Waals surface area (Å²) in [7, 11) is 1.60. The molecule has 0 aliphatic rings. The zero-order valence-corrected chi connectivity index (χ0v) is 9.00. The van der Waals surface area contributed by atoms with Crippen molar-refractivity contribution in [2.45, 2.75) is 6.42 Å². The van der Waals surface area contributed by atoms with Gasteiger partial charge in [0.25, 0.3) is 0 Å². The van der Waals surface area contributed by atoms with E-state index in [4.69, 9.17) is 4.74 Å². The molecule has 0 spiro atoms. The predicted molar refractivity (Wildman–Crippen MR) is 62.2 cm³/mol. The summed E-state index contributed by atoms with van der Waals surface area (Å²) < 4.78 is 5.06. The molecule has 1 N–H and O–H groups in total. The molecule has 0 unspecified atom stereocenters. The fourth-order valence-electron chi connectivity index (χ4n) is 1.08. The van der Waals surface area contributed by atoms with Crippen LogP contribution in [0.4, 0.5) is 0 Å². The van der Waals surface area contributed by atoms with Crippen molar-refractivity contribution >= 4 is 18.7 Å². The van der Waals surface area contributed by atoms with Gasteiger partial charge in [-0.3, -0.25) is 0 Å². The molecule has 0 atom stereocenters. The standard InChI is InChI=1S/C11H14O2S/c1-13-10-5-6-11(12)9(8-10)4-2-3-7-14/h2,4-6,8,12,14H,3,7H2,1H3. The number of phenolic OH excluding ortho intramolecular Hbond substituents is 1. The van der Waals surface area contributed by atoms with Crippen LogP contribution in [-0.2, 0) is 0 Å². The Morgan fingerprint density at radius 3 is 2.93 bits per heavy atom. The van der Waals surface area contributed by atoms with E-state index in [0.717, 1.165) is 23.5 Å². The normalized spacial score (nSPS) is 10.7. The van der Waals surface area contributed by atoms with Crippen LogP contribution >= 0.6 is 12.6 Å². The summed E-state index contributed by atoms with van der Waals surface area (Å²) in [6.45, 7) is 0. The van der Waals surface area contributed by atoms with Gasteiger partial charge >= 0.3 is 0 Å². The molecule has 0 aliphatic heterocycles. The van der Waals surface area contributed by atoms with E-state index in [2.05, 4.69) is 12.6 Å². The highest BCUT2D eigenvalue weighted by Gasteiger charge is 1.98. The van der Waals surface area contributed by atoms with Crippen LogP contribution in [0.5, 0.6) is 11.5 Å². The van der Waals surface area contributed by atoms with Crippen molar-refractivity contribution < 1.29 is 9.84 Å². The Bertz CT molecular complexity index is 321. The molecule has 0 radical (unpaired) electrons. The molecule has 0 aliphatic carbocycles. The minimum atomic E-state index is 0.265. The van der Waals surface area contributed by atoms with Gasteiger partial charge < -0.3 is 9.84 Å². The summed E-state index contributed by atoms with van der Waals surface area (Å²) in [4.78, 5) is 0. The van der Waals surface area contributed by atoms with Crippen LogP contribution in [0.2, 0.25) is 0 Å². The Kier molecular flexibility index (Phi) is 4.40. The molecular weight excluding hydrogens is 196 g/mol. The zero-order valence-electron chi connectivity index (χ0n) is 8.10. The van der Waals surface area contributed by atoms with E-state index in [-0.39, 0.29) is 5.75 Å². The lowest BCUT2D eigenvalue weighted by Gasteiger charge is -2.02. The van der Waals surface area contributed by atoms with Crippen molar-refractivity contribution in [3.05, 3.63) is 29.8 Å². The molecule has 0 bridgehead atoms. The second-order valence-electron chi connectivity index (χ2n) is 2.84. The molecule has 1 aromatic rings. The van der Waals surface area contributed by atoms with E-state index in [0.29, 0.717) is 0 Å². The van der Waals surface area contributed by atoms with Crippen LogP contribution in [0, 0.1) is 0 Å². The summed E-state index contributed by atoms with van der Waals surface area (Å²) in [6.07, 6.45) is 4.73. The highest BCUT2D eigenvalue weighted by Crippen LogP contribution is 2.23. The van der Waals surface area contributed by atoms with Gasteiger partial charge in [-0.05, 0) is 30.4 Å². The molecule has 14 heavy (non-hydrogen) atoms. The van der Waals surface area contributed by atoms with Crippen molar-refractivity contribution in [2.75, 3.05) is 12.9 Å². The zero-order chi connectivity index (χ0) is 10.4. The lowest BCUT2D eigenvalue weighted by Crippen LogP contribution is -1.83. The summed E-state index contributed by atoms with van der Waals surface area (Å²) >= 11 is 4.09. The van der Waals surface area contributed by atoms with Crippen molar-refractivity contribution in [3.8, 4) is 11.5 Å². The monoisotopic (exact) mass is 210 g/mol. The number of rotatable bonds is 4. The maximum Gasteiger partial charge on any atom is 0.123 e. The van der Waals surface area contributed by atoms with Gasteiger partial charge in [-0.25, -0.2) is 0 Å². The van der Waals surface area contributed by atoms with Gasteiger partial charge in [0.05, 0.1) is 7.11 Å². The molecule has 0 aromatic heterocycles. The summed E-state index contributed by atoms with van der Waals surface area (Å²) in [6, 6.07) is 5.15. The van der Waals surface area contributed by atoms with Crippen molar-refractivity contribution in [2.24, 2.45) is 0 Å². The quantitative estimate of drug-likeness (QED) is 0.748. The molecule has 1 rings (SSSR count). The maximum absolute atomic E-state index is 9.50. The maximum atomic E-state index is 9.50. The first kappa shape index (κ1) is 11.0. The average Bonchev–Trinajstić information content (AvgIpc) is 2.21. The molecule has 2 nitrogen and oxygen atoms in total. The Morgan fingerprint density at radius 2 is 2.29 bits per heavy atom. The SMILES string of the molecule is COc1ccc(O)c(C=CCCS)c1. The molecule has 0 saturated heterocycles. The largest absolute Gasteiger partial charge is 0.507 e. The molecule has 76 valence electrons. The number of hydrogen-bond donors (Lipinski definition) is 2. The average molecular weight is 210 g/mol. The van der Waals surface area contributed by atoms with E-state index in [1.807, 2.05) is 12.2 Å². The number of hydrogen-bond acceptors (Lipinski definition) is 3. The fraction of sp³-hybridized carbons (Fsp3) is 0.273. The fourth-order valence-corrected chi connectivity index (χ4v) is 1.23. The van der Waals surface area contributed by atoms with E-state index >= 15 is 0 Å². The molecule has 0 saturated carbocycles. The van der Waals surface area contributed by atoms with E-state index in [9.17, 15) is 5.11 Å². The van der Waals surface area contributed by atoms with Gasteiger partial charge in [-0.2, -0.15) is 12.6 Å². The minimum absolute atomic E-state index is 0.265. The van der Waals surface area contributed by atoms with Crippen molar-refractivity contribution in [1.82, 2.24) is 0 Å². The number of benzene rings is 1. The summed E-state index contributed by atoms with van der Waals surface area (Å²) in [5, 5.41) is 9.50. The van der Waals surface area contributed by atoms with Crippen LogP contribution < -0.4 is 4.74 Å². The van der Waals surface area contributed by atoms with Crippen molar-refractivity contribution in [1.29, 1.82) is 0 Å². The number of phenols is 1. The first-order valence-electron chi connectivity index (χ1n) is 4.42. The minimum Gasteiger partial charge on any atom is -0.507 e. The molecule has 1 aromatic carbocycles. The Labute approximate surface area is 89.6 Å². The third-order valence-electron chi connectivity index (χ3n) is 1.83. The molecular formula is C11H14O2S. The second-order valence-corrected chi connectivity index (χ2v) is 3.29. The third-order valence-corrected chi connectivity index (χ3v) is 2.09. The number of ether oxygens (including phenoxy) is 1.